The van der Waals surface area contributed by atoms with E-state index in [1.165, 1.54) is 0 Å². The third kappa shape index (κ3) is 6.73. The molecule has 27 heavy (non-hydrogen) atoms. The summed E-state index contributed by atoms with van der Waals surface area (Å²) in [7, 11) is 1.60. The van der Waals surface area contributed by atoms with E-state index >= 15 is 0 Å². The molecule has 6 nitrogen and oxygen atoms in total. The maximum absolute atomic E-state index is 12.1. The summed E-state index contributed by atoms with van der Waals surface area (Å²) >= 11 is 0. The van der Waals surface area contributed by atoms with Gasteiger partial charge in [-0.15, -0.1) is 12.4 Å². The Kier molecular flexibility index (Phi) is 9.61. The molecule has 7 heteroatoms. The molecule has 0 bridgehead atoms. The summed E-state index contributed by atoms with van der Waals surface area (Å²) in [6, 6.07) is 8.79. The highest BCUT2D eigenvalue weighted by atomic mass is 35.5. The van der Waals surface area contributed by atoms with Crippen molar-refractivity contribution in [3.63, 3.8) is 0 Å². The van der Waals surface area contributed by atoms with Gasteiger partial charge in [-0.05, 0) is 48.7 Å². The molecular weight excluding hydrogens is 366 g/mol. The van der Waals surface area contributed by atoms with E-state index in [1.807, 2.05) is 44.2 Å². The number of hydrogen-bond acceptors (Lipinski definition) is 5. The molecule has 1 heterocycles. The van der Waals surface area contributed by atoms with E-state index in [2.05, 4.69) is 10.3 Å². The summed E-state index contributed by atoms with van der Waals surface area (Å²) in [5.41, 5.74) is 7.82. The fourth-order valence-corrected chi connectivity index (χ4v) is 2.56. The highest BCUT2D eigenvalue weighted by Gasteiger charge is 2.17. The highest BCUT2D eigenvalue weighted by Crippen LogP contribution is 2.31. The van der Waals surface area contributed by atoms with Crippen molar-refractivity contribution in [1.29, 1.82) is 0 Å². The fourth-order valence-electron chi connectivity index (χ4n) is 2.56. The lowest BCUT2D eigenvalue weighted by Gasteiger charge is -2.19. The minimum Gasteiger partial charge on any atom is -0.493 e. The van der Waals surface area contributed by atoms with Gasteiger partial charge in [0.2, 0.25) is 5.91 Å². The number of ether oxygens (including phenoxy) is 2. The van der Waals surface area contributed by atoms with Crippen molar-refractivity contribution in [3.05, 3.63) is 53.9 Å². The van der Waals surface area contributed by atoms with E-state index in [0.29, 0.717) is 24.5 Å². The highest BCUT2D eigenvalue weighted by molar-refractivity contribution is 5.85. The Balaban J connectivity index is 0.00000364. The van der Waals surface area contributed by atoms with Gasteiger partial charge in [0.05, 0.1) is 19.2 Å². The average molecular weight is 394 g/mol. The van der Waals surface area contributed by atoms with Gasteiger partial charge in [0.1, 0.15) is 6.61 Å². The number of nitrogens with two attached hydrogens (primary N) is 1. The molecule has 148 valence electrons. The van der Waals surface area contributed by atoms with Gasteiger partial charge < -0.3 is 20.5 Å². The molecule has 3 N–H and O–H groups in total. The second-order valence-electron chi connectivity index (χ2n) is 6.18. The molecule has 0 aliphatic rings. The third-order valence-corrected chi connectivity index (χ3v) is 4.13. The number of carbonyl (C=O) groups is 1. The van der Waals surface area contributed by atoms with E-state index in [9.17, 15) is 4.79 Å². The molecule has 0 aliphatic carbocycles. The lowest BCUT2D eigenvalue weighted by atomic mass is 10.1. The Hall–Kier alpha value is -2.31. The Labute approximate surface area is 166 Å². The molecule has 0 spiro atoms. The average Bonchev–Trinajstić information content (AvgIpc) is 2.67. The van der Waals surface area contributed by atoms with E-state index in [0.717, 1.165) is 17.5 Å². The monoisotopic (exact) mass is 393 g/mol. The molecular formula is C20H28ClN3O3. The van der Waals surface area contributed by atoms with E-state index in [-0.39, 0.29) is 24.4 Å². The van der Waals surface area contributed by atoms with Crippen LogP contribution in [0.2, 0.25) is 0 Å². The van der Waals surface area contributed by atoms with Crippen molar-refractivity contribution in [3.8, 4) is 11.5 Å². The number of amides is 1. The summed E-state index contributed by atoms with van der Waals surface area (Å²) in [6.07, 6.45) is 5.00. The maximum Gasteiger partial charge on any atom is 0.237 e. The first-order valence-corrected chi connectivity index (χ1v) is 8.80. The zero-order valence-corrected chi connectivity index (χ0v) is 16.8. The van der Waals surface area contributed by atoms with Crippen LogP contribution < -0.4 is 20.5 Å². The first-order chi connectivity index (χ1) is 12.5. The largest absolute Gasteiger partial charge is 0.493 e. The lowest BCUT2D eigenvalue weighted by molar-refractivity contribution is -0.123. The first-order valence-electron chi connectivity index (χ1n) is 8.80. The summed E-state index contributed by atoms with van der Waals surface area (Å²) in [5, 5.41) is 2.94. The minimum atomic E-state index is -0.479. The van der Waals surface area contributed by atoms with Gasteiger partial charge in [-0.25, -0.2) is 0 Å². The van der Waals surface area contributed by atoms with Crippen LogP contribution in [0, 0.1) is 0 Å². The number of rotatable bonds is 9. The van der Waals surface area contributed by atoms with Crippen LogP contribution in [0.15, 0.2) is 42.7 Å². The van der Waals surface area contributed by atoms with Gasteiger partial charge in [-0.2, -0.15) is 0 Å². The zero-order valence-electron chi connectivity index (χ0n) is 16.0. The Bertz CT molecular complexity index is 713. The fraction of sp³-hybridized carbons (Fsp3) is 0.400. The molecule has 2 rings (SSSR count). The minimum absolute atomic E-state index is 0. The van der Waals surface area contributed by atoms with Crippen LogP contribution in [0.25, 0.3) is 0 Å². The summed E-state index contributed by atoms with van der Waals surface area (Å²) in [6.45, 7) is 4.35. The van der Waals surface area contributed by atoms with Crippen LogP contribution in [-0.2, 0) is 11.4 Å². The van der Waals surface area contributed by atoms with Crippen LogP contribution in [0.5, 0.6) is 11.5 Å². The number of benzene rings is 1. The number of carbonyl (C=O) groups excluding carboxylic acids is 1. The molecule has 0 saturated carbocycles. The molecule has 0 aliphatic heterocycles. The predicted octanol–water partition coefficient (Wildman–Crippen LogP) is 3.40. The van der Waals surface area contributed by atoms with Crippen molar-refractivity contribution >= 4 is 18.3 Å². The summed E-state index contributed by atoms with van der Waals surface area (Å²) in [4.78, 5) is 16.1. The normalized spacial score (nSPS) is 12.4. The Morgan fingerprint density at radius 3 is 2.56 bits per heavy atom. The van der Waals surface area contributed by atoms with Gasteiger partial charge in [0.15, 0.2) is 11.5 Å². The summed E-state index contributed by atoms with van der Waals surface area (Å²) in [5.74, 6) is 1.13. The van der Waals surface area contributed by atoms with Gasteiger partial charge in [-0.1, -0.05) is 19.4 Å². The van der Waals surface area contributed by atoms with Crippen molar-refractivity contribution in [2.24, 2.45) is 5.73 Å². The second-order valence-corrected chi connectivity index (χ2v) is 6.18. The Morgan fingerprint density at radius 2 is 1.93 bits per heavy atom. The Morgan fingerprint density at radius 1 is 1.22 bits per heavy atom. The number of pyridine rings is 1. The van der Waals surface area contributed by atoms with Crippen molar-refractivity contribution in [1.82, 2.24) is 10.3 Å². The number of nitrogens with zero attached hydrogens (tertiary/aromatic N) is 1. The van der Waals surface area contributed by atoms with Crippen molar-refractivity contribution in [2.45, 2.75) is 45.4 Å². The topological polar surface area (TPSA) is 86.5 Å². The van der Waals surface area contributed by atoms with Crippen molar-refractivity contribution in [2.75, 3.05) is 7.11 Å². The predicted molar refractivity (Wildman–Crippen MR) is 108 cm³/mol. The molecule has 2 aromatic rings. The molecule has 1 aromatic heterocycles. The number of aromatic nitrogens is 1. The first kappa shape index (κ1) is 22.7. The van der Waals surface area contributed by atoms with Crippen LogP contribution in [0.3, 0.4) is 0 Å². The smallest absolute Gasteiger partial charge is 0.237 e. The zero-order chi connectivity index (χ0) is 18.9. The maximum atomic E-state index is 12.1. The van der Waals surface area contributed by atoms with Gasteiger partial charge >= 0.3 is 0 Å². The standard InChI is InChI=1S/C20H27N3O3.ClH/c1-4-5-17(21)20(24)23-14(2)16-6-7-18(19(12-16)25-3)26-13-15-8-10-22-11-9-15;/h6-12,14,17H,4-5,13,21H2,1-3H3,(H,23,24);1H. The van der Waals surface area contributed by atoms with Crippen LogP contribution in [0.1, 0.15) is 43.9 Å². The van der Waals surface area contributed by atoms with Crippen LogP contribution in [0.4, 0.5) is 0 Å². The number of hydrogen-bond donors (Lipinski definition) is 2. The number of halogens is 1. The molecule has 1 amide bonds. The molecule has 2 atom stereocenters. The van der Waals surface area contributed by atoms with E-state index < -0.39 is 6.04 Å². The molecule has 1 aromatic carbocycles. The molecule has 0 saturated heterocycles. The van der Waals surface area contributed by atoms with Crippen LogP contribution >= 0.6 is 12.4 Å². The van der Waals surface area contributed by atoms with Gasteiger partial charge in [0, 0.05) is 12.4 Å². The molecule has 0 fully saturated rings. The molecule has 0 radical (unpaired) electrons. The van der Waals surface area contributed by atoms with Crippen molar-refractivity contribution < 1.29 is 14.3 Å². The van der Waals surface area contributed by atoms with Crippen LogP contribution in [-0.4, -0.2) is 24.0 Å². The molecule has 2 unspecified atom stereocenters. The number of methoxy groups -OCH3 is 1. The van der Waals surface area contributed by atoms with E-state index in [4.69, 9.17) is 15.2 Å². The lowest BCUT2D eigenvalue weighted by Crippen LogP contribution is -2.41. The number of nitrogens with one attached hydrogen (secondary N) is 1. The second kappa shape index (κ2) is 11.4. The van der Waals surface area contributed by atoms with Gasteiger partial charge in [-0.3, -0.25) is 9.78 Å². The van der Waals surface area contributed by atoms with Gasteiger partial charge in [0.25, 0.3) is 0 Å². The quantitative estimate of drug-likeness (QED) is 0.681. The SMILES string of the molecule is CCCC(N)C(=O)NC(C)c1ccc(OCc2ccncc2)c(OC)c1.Cl. The summed E-state index contributed by atoms with van der Waals surface area (Å²) < 4.78 is 11.3. The van der Waals surface area contributed by atoms with E-state index in [1.54, 1.807) is 19.5 Å². The third-order valence-electron chi connectivity index (χ3n) is 4.13.